The number of unbranched alkanes of at least 4 members (excludes halogenated alkanes) is 1. The van der Waals surface area contributed by atoms with Crippen LogP contribution in [0.5, 0.6) is 0 Å². The Labute approximate surface area is 345 Å². The molecule has 0 aliphatic heterocycles. The maximum atomic E-state index is 11.6. The number of fused-ring (bicyclic) bond motifs is 1. The molecule has 0 amide bonds. The number of hydrogen-bond acceptors (Lipinski definition) is 11. The number of ketones is 2. The van der Waals surface area contributed by atoms with Crippen molar-refractivity contribution >= 4 is 143 Å². The van der Waals surface area contributed by atoms with E-state index in [-0.39, 0.29) is 0 Å². The predicted octanol–water partition coefficient (Wildman–Crippen LogP) is 12.6. The highest BCUT2D eigenvalue weighted by Crippen LogP contribution is 2.38. The fraction of sp³-hybridized carbons (Fsp3) is 0.111. The minimum Gasteiger partial charge on any atom is -0.396 e. The molecule has 0 aliphatic rings. The predicted molar refractivity (Wildman–Crippen MR) is 232 cm³/mol. The van der Waals surface area contributed by atoms with Gasteiger partial charge in [0, 0.05) is 24.5 Å². The zero-order valence-electron chi connectivity index (χ0n) is 26.8. The first-order valence-electron chi connectivity index (χ1n) is 15.1. The van der Waals surface area contributed by atoms with Gasteiger partial charge in [0.25, 0.3) is 0 Å². The normalized spacial score (nSPS) is 10.3. The van der Waals surface area contributed by atoms with Gasteiger partial charge in [0.1, 0.15) is 22.4 Å². The minimum absolute atomic E-state index is 0.344. The number of rotatable bonds is 7. The molecule has 0 radical (unpaired) electrons. The van der Waals surface area contributed by atoms with E-state index in [1.165, 1.54) is 22.7 Å². The van der Waals surface area contributed by atoms with Crippen LogP contribution in [0.15, 0.2) is 112 Å². The van der Waals surface area contributed by atoms with Gasteiger partial charge in [0.2, 0.25) is 11.6 Å². The Bertz CT molecular complexity index is 2010. The van der Waals surface area contributed by atoms with E-state index in [4.69, 9.17) is 26.5 Å². The molecule has 0 spiro atoms. The van der Waals surface area contributed by atoms with Gasteiger partial charge in [-0.25, -0.2) is 9.97 Å². The van der Waals surface area contributed by atoms with Gasteiger partial charge in [-0.2, -0.15) is 0 Å². The third-order valence-electron chi connectivity index (χ3n) is 6.62. The van der Waals surface area contributed by atoms with E-state index < -0.39 is 11.6 Å². The molecule has 7 aromatic rings. The summed E-state index contributed by atoms with van der Waals surface area (Å²) < 4.78 is 3.56. The smallest absolute Gasteiger partial charge is 0.244 e. The molecule has 0 aliphatic carbocycles. The van der Waals surface area contributed by atoms with Crippen LogP contribution in [0.2, 0.25) is 0 Å². The molecule has 264 valence electrons. The molecule has 7 rings (SSSR count). The summed E-state index contributed by atoms with van der Waals surface area (Å²) >= 11 is 19.6. The second-order valence-electron chi connectivity index (χ2n) is 10.1. The molecule has 51 heavy (non-hydrogen) atoms. The molecule has 0 unspecified atom stereocenters. The number of benzene rings is 2. The highest BCUT2D eigenvalue weighted by atomic mass is 79.9. The molecular weight excluding hydrogens is 984 g/mol. The lowest BCUT2D eigenvalue weighted by Crippen LogP contribution is -2.11. The van der Waals surface area contributed by atoms with E-state index in [1.54, 1.807) is 57.7 Å². The van der Waals surface area contributed by atoms with Gasteiger partial charge in [-0.15, -0.1) is 45.3 Å². The van der Waals surface area contributed by atoms with Crippen LogP contribution in [-0.4, -0.2) is 33.2 Å². The van der Waals surface area contributed by atoms with E-state index in [0.717, 1.165) is 62.9 Å². The number of carbonyl (C=O) groups excluding carboxylic acids is 2. The Morgan fingerprint density at radius 1 is 0.608 bits per heavy atom. The Morgan fingerprint density at radius 2 is 0.980 bits per heavy atom. The first kappa shape index (κ1) is 41.2. The van der Waals surface area contributed by atoms with Crippen molar-refractivity contribution < 1.29 is 14.7 Å². The quantitative estimate of drug-likeness (QED) is 0.0823. The number of nitrogens with zero attached hydrogens (tertiary/aromatic N) is 2. The Hall–Kier alpha value is -2.60. The number of aliphatic hydroxyl groups is 1. The Morgan fingerprint density at radius 3 is 1.27 bits per heavy atom. The third kappa shape index (κ3) is 11.2. The van der Waals surface area contributed by atoms with E-state index in [0.29, 0.717) is 27.7 Å². The van der Waals surface area contributed by atoms with Crippen molar-refractivity contribution in [1.29, 1.82) is 0 Å². The van der Waals surface area contributed by atoms with Gasteiger partial charge in [0.05, 0.1) is 30.9 Å². The summed E-state index contributed by atoms with van der Waals surface area (Å²) in [6.07, 6.45) is 2.04. The highest BCUT2D eigenvalue weighted by Gasteiger charge is 2.20. The zero-order chi connectivity index (χ0) is 36.9. The number of carbonyl (C=O) groups is 2. The van der Waals surface area contributed by atoms with Gasteiger partial charge >= 0.3 is 0 Å². The molecule has 0 bridgehead atoms. The summed E-state index contributed by atoms with van der Waals surface area (Å²) in [5.74, 6) is -0.829. The molecule has 5 aromatic heterocycles. The van der Waals surface area contributed by atoms with E-state index in [1.807, 2.05) is 36.4 Å². The maximum Gasteiger partial charge on any atom is 0.244 e. The van der Waals surface area contributed by atoms with Crippen molar-refractivity contribution in [2.45, 2.75) is 19.8 Å². The van der Waals surface area contributed by atoms with Crippen LogP contribution >= 0.6 is 109 Å². The van der Waals surface area contributed by atoms with E-state index in [2.05, 4.69) is 93.5 Å². The molecule has 5 N–H and O–H groups in total. The average Bonchev–Trinajstić information content (AvgIpc) is 3.99. The second-order valence-corrected chi connectivity index (χ2v) is 17.4. The molecule has 0 atom stereocenters. The van der Waals surface area contributed by atoms with Gasteiger partial charge in [-0.1, -0.05) is 37.6 Å². The minimum atomic E-state index is -0.414. The SMILES string of the molecule is Brc1ccc(Br)c2nc(-c3cccs3)c(-c3cccs3)nc12.CCCCO.Nc1c(Br)ccc(Br)c1N.O=C(C(=O)c1cccs1)c1cccs1. The highest BCUT2D eigenvalue weighted by molar-refractivity contribution is 9.11. The largest absolute Gasteiger partial charge is 0.396 e. The van der Waals surface area contributed by atoms with Crippen LogP contribution in [0.1, 0.15) is 39.1 Å². The average molecular weight is 1010 g/mol. The van der Waals surface area contributed by atoms with Crippen LogP contribution in [0.25, 0.3) is 32.2 Å². The van der Waals surface area contributed by atoms with Crippen LogP contribution in [0, 0.1) is 0 Å². The van der Waals surface area contributed by atoms with Crippen molar-refractivity contribution in [3.63, 3.8) is 0 Å². The van der Waals surface area contributed by atoms with Gasteiger partial charge in [-0.3, -0.25) is 9.59 Å². The number of thiophene rings is 4. The second kappa shape index (κ2) is 20.6. The van der Waals surface area contributed by atoms with Gasteiger partial charge in [0.15, 0.2) is 0 Å². The Balaban J connectivity index is 0.000000173. The van der Waals surface area contributed by atoms with Crippen LogP contribution in [0.3, 0.4) is 0 Å². The number of hydrogen-bond donors (Lipinski definition) is 3. The fourth-order valence-corrected chi connectivity index (χ4v) is 8.28. The monoisotopic (exact) mass is 1010 g/mol. The molecule has 15 heteroatoms. The fourth-order valence-electron chi connectivity index (χ4n) is 4.02. The van der Waals surface area contributed by atoms with Crippen molar-refractivity contribution in [3.05, 3.63) is 122 Å². The Kier molecular flexibility index (Phi) is 16.6. The number of aliphatic hydroxyl groups excluding tert-OH is 1. The van der Waals surface area contributed by atoms with Crippen LogP contribution in [0.4, 0.5) is 11.4 Å². The third-order valence-corrected chi connectivity index (χ3v) is 12.8. The van der Waals surface area contributed by atoms with Crippen LogP contribution in [-0.2, 0) is 0 Å². The van der Waals surface area contributed by atoms with Crippen LogP contribution < -0.4 is 11.5 Å². The molecule has 7 nitrogen and oxygen atoms in total. The van der Waals surface area contributed by atoms with Crippen molar-refractivity contribution in [2.24, 2.45) is 0 Å². The number of aromatic nitrogens is 2. The lowest BCUT2D eigenvalue weighted by atomic mass is 10.2. The van der Waals surface area contributed by atoms with Crippen molar-refractivity contribution in [3.8, 4) is 21.1 Å². The molecule has 2 aromatic carbocycles. The summed E-state index contributed by atoms with van der Waals surface area (Å²) in [4.78, 5) is 36.2. The lowest BCUT2D eigenvalue weighted by molar-refractivity contribution is 0.0821. The summed E-state index contributed by atoms with van der Waals surface area (Å²) in [7, 11) is 0. The first-order chi connectivity index (χ1) is 24.6. The topological polar surface area (TPSA) is 132 Å². The molecule has 5 heterocycles. The summed E-state index contributed by atoms with van der Waals surface area (Å²) in [5.41, 5.74) is 15.9. The van der Waals surface area contributed by atoms with E-state index >= 15 is 0 Å². The first-order valence-corrected chi connectivity index (χ1v) is 21.8. The lowest BCUT2D eigenvalue weighted by Gasteiger charge is -2.09. The van der Waals surface area contributed by atoms with E-state index in [9.17, 15) is 9.59 Å². The number of nitrogens with two attached hydrogens (primary N) is 2. The van der Waals surface area contributed by atoms with Gasteiger partial charge in [-0.05, 0) is 140 Å². The molecule has 0 saturated carbocycles. The number of nitrogen functional groups attached to an aromatic ring is 2. The molecular formula is C36H30Br4N4O3S4. The standard InChI is InChI=1S/C16H8Br2N2S2.C10H6O2S2.C6H6Br2N2.C4H10O/c17-9-5-6-10(18)14-13(9)19-15(11-3-1-7-21-11)16(20-14)12-4-2-8-22-12;11-9(7-3-1-5-13-7)10(12)8-4-2-6-14-8;7-3-1-2-4(8)6(10)5(3)9;1-2-3-4-5/h1-8H;1-6H;1-2H,9-10H2;5H,2-4H2,1H3. The molecule has 0 fully saturated rings. The zero-order valence-corrected chi connectivity index (χ0v) is 36.4. The summed E-state index contributed by atoms with van der Waals surface area (Å²) in [6.45, 7) is 2.40. The number of halogens is 4. The maximum absolute atomic E-state index is 11.6. The number of anilines is 2. The summed E-state index contributed by atoms with van der Waals surface area (Å²) in [5, 5.41) is 15.8. The van der Waals surface area contributed by atoms with Crippen molar-refractivity contribution in [1.82, 2.24) is 9.97 Å². The van der Waals surface area contributed by atoms with Crippen molar-refractivity contribution in [2.75, 3.05) is 18.1 Å². The number of Topliss-reactive ketones (excluding diaryl/α,β-unsaturated/α-hetero) is 2. The summed E-state index contributed by atoms with van der Waals surface area (Å²) in [6, 6.07) is 22.8. The van der Waals surface area contributed by atoms with Gasteiger partial charge < -0.3 is 16.6 Å². The molecule has 0 saturated heterocycles.